The van der Waals surface area contributed by atoms with Crippen LogP contribution < -0.4 is 4.74 Å². The van der Waals surface area contributed by atoms with Gasteiger partial charge in [-0.1, -0.05) is 18.2 Å². The lowest BCUT2D eigenvalue weighted by atomic mass is 10.00. The SMILES string of the molecule is COC1C(C)OC(Oc2cccc3ccc(C)nc23)C(O)C1O. The predicted octanol–water partition coefficient (Wildman–Crippen LogP) is 1.40. The minimum Gasteiger partial charge on any atom is -0.460 e. The van der Waals surface area contributed by atoms with Gasteiger partial charge in [0.05, 0.1) is 6.10 Å². The van der Waals surface area contributed by atoms with E-state index in [1.165, 1.54) is 7.11 Å². The summed E-state index contributed by atoms with van der Waals surface area (Å²) in [5, 5.41) is 21.3. The molecule has 2 N–H and O–H groups in total. The third-order valence-electron chi connectivity index (χ3n) is 4.11. The lowest BCUT2D eigenvalue weighted by molar-refractivity contribution is -0.272. The molecule has 124 valence electrons. The summed E-state index contributed by atoms with van der Waals surface area (Å²) < 4.78 is 16.7. The molecule has 1 aromatic heterocycles. The van der Waals surface area contributed by atoms with Crippen LogP contribution in [0.5, 0.6) is 5.75 Å². The Balaban J connectivity index is 1.89. The van der Waals surface area contributed by atoms with E-state index in [4.69, 9.17) is 14.2 Å². The molecule has 1 aromatic carbocycles. The summed E-state index contributed by atoms with van der Waals surface area (Å²) in [6.45, 7) is 3.67. The lowest BCUT2D eigenvalue weighted by Crippen LogP contribution is -2.58. The zero-order valence-corrected chi connectivity index (χ0v) is 13.3. The van der Waals surface area contributed by atoms with Crippen molar-refractivity contribution in [3.8, 4) is 5.75 Å². The first kappa shape index (κ1) is 16.1. The predicted molar refractivity (Wildman–Crippen MR) is 84.3 cm³/mol. The molecule has 2 heterocycles. The molecule has 0 saturated carbocycles. The highest BCUT2D eigenvalue weighted by Crippen LogP contribution is 2.29. The van der Waals surface area contributed by atoms with Gasteiger partial charge in [-0.2, -0.15) is 0 Å². The number of aromatic nitrogens is 1. The van der Waals surface area contributed by atoms with Gasteiger partial charge in [0.2, 0.25) is 6.29 Å². The number of para-hydroxylation sites is 1. The van der Waals surface area contributed by atoms with E-state index in [-0.39, 0.29) is 0 Å². The molecule has 6 heteroatoms. The Kier molecular flexibility index (Phi) is 4.50. The molecule has 0 amide bonds. The van der Waals surface area contributed by atoms with E-state index < -0.39 is 30.7 Å². The lowest BCUT2D eigenvalue weighted by Gasteiger charge is -2.40. The zero-order valence-electron chi connectivity index (χ0n) is 13.3. The van der Waals surface area contributed by atoms with Crippen LogP contribution in [0.3, 0.4) is 0 Å². The highest BCUT2D eigenvalue weighted by Gasteiger charge is 2.44. The summed E-state index contributed by atoms with van der Waals surface area (Å²) in [7, 11) is 1.47. The van der Waals surface area contributed by atoms with Crippen molar-refractivity contribution in [2.75, 3.05) is 7.11 Å². The first-order valence-corrected chi connectivity index (χ1v) is 7.58. The monoisotopic (exact) mass is 319 g/mol. The largest absolute Gasteiger partial charge is 0.460 e. The van der Waals surface area contributed by atoms with Crippen LogP contribution in [-0.4, -0.2) is 53.0 Å². The van der Waals surface area contributed by atoms with Crippen LogP contribution in [0.4, 0.5) is 0 Å². The molecule has 1 fully saturated rings. The van der Waals surface area contributed by atoms with Crippen LogP contribution in [0, 0.1) is 6.92 Å². The number of nitrogens with zero attached hydrogens (tertiary/aromatic N) is 1. The summed E-state index contributed by atoms with van der Waals surface area (Å²) in [6, 6.07) is 9.44. The maximum atomic E-state index is 10.2. The smallest absolute Gasteiger partial charge is 0.229 e. The van der Waals surface area contributed by atoms with Crippen molar-refractivity contribution >= 4 is 10.9 Å². The van der Waals surface area contributed by atoms with Gasteiger partial charge in [0, 0.05) is 18.2 Å². The van der Waals surface area contributed by atoms with Crippen molar-refractivity contribution < 1.29 is 24.4 Å². The molecule has 1 aliphatic rings. The van der Waals surface area contributed by atoms with Gasteiger partial charge in [0.1, 0.15) is 29.6 Å². The molecule has 1 aliphatic heterocycles. The number of fused-ring (bicyclic) bond motifs is 1. The second-order valence-corrected chi connectivity index (χ2v) is 5.79. The third kappa shape index (κ3) is 3.03. The minimum atomic E-state index is -1.21. The maximum Gasteiger partial charge on any atom is 0.229 e. The Morgan fingerprint density at radius 1 is 1.13 bits per heavy atom. The number of aliphatic hydroxyl groups is 2. The van der Waals surface area contributed by atoms with Gasteiger partial charge in [-0.3, -0.25) is 0 Å². The van der Waals surface area contributed by atoms with Crippen LogP contribution >= 0.6 is 0 Å². The van der Waals surface area contributed by atoms with Crippen molar-refractivity contribution in [3.63, 3.8) is 0 Å². The van der Waals surface area contributed by atoms with E-state index in [1.807, 2.05) is 31.2 Å². The molecule has 5 atom stereocenters. The molecular formula is C17H21NO5. The second-order valence-electron chi connectivity index (χ2n) is 5.79. The van der Waals surface area contributed by atoms with Gasteiger partial charge in [-0.15, -0.1) is 0 Å². The Bertz CT molecular complexity index is 692. The molecule has 1 saturated heterocycles. The van der Waals surface area contributed by atoms with Crippen LogP contribution in [0.25, 0.3) is 10.9 Å². The summed E-state index contributed by atoms with van der Waals surface area (Å²) >= 11 is 0. The topological polar surface area (TPSA) is 81.0 Å². The summed E-state index contributed by atoms with van der Waals surface area (Å²) in [5.74, 6) is 0.505. The standard InChI is InChI=1S/C17H21NO5/c1-9-7-8-11-5-4-6-12(13(11)18-9)23-17-15(20)14(19)16(21-3)10(2)22-17/h4-8,10,14-17,19-20H,1-3H3. The molecule has 0 spiro atoms. The van der Waals surface area contributed by atoms with Gasteiger partial charge in [0.15, 0.2) is 0 Å². The Hall–Kier alpha value is -1.73. The summed E-state index contributed by atoms with van der Waals surface area (Å²) in [4.78, 5) is 4.49. The summed E-state index contributed by atoms with van der Waals surface area (Å²) in [5.41, 5.74) is 1.56. The highest BCUT2D eigenvalue weighted by molar-refractivity contribution is 5.84. The van der Waals surface area contributed by atoms with Gasteiger partial charge >= 0.3 is 0 Å². The molecule has 23 heavy (non-hydrogen) atoms. The van der Waals surface area contributed by atoms with Crippen LogP contribution in [0.1, 0.15) is 12.6 Å². The molecule has 6 nitrogen and oxygen atoms in total. The van der Waals surface area contributed by atoms with E-state index in [1.54, 1.807) is 13.0 Å². The minimum absolute atomic E-state index is 0.409. The molecule has 0 aliphatic carbocycles. The van der Waals surface area contributed by atoms with Crippen LogP contribution in [0.2, 0.25) is 0 Å². The molecule has 3 rings (SSSR count). The van der Waals surface area contributed by atoms with Gasteiger partial charge in [-0.25, -0.2) is 4.98 Å². The third-order valence-corrected chi connectivity index (χ3v) is 4.11. The first-order chi connectivity index (χ1) is 11.0. The number of aryl methyl sites for hydroxylation is 1. The molecule has 0 bridgehead atoms. The fourth-order valence-corrected chi connectivity index (χ4v) is 2.87. The Morgan fingerprint density at radius 3 is 2.65 bits per heavy atom. The number of benzene rings is 1. The van der Waals surface area contributed by atoms with Crippen LogP contribution in [0.15, 0.2) is 30.3 Å². The van der Waals surface area contributed by atoms with E-state index in [9.17, 15) is 10.2 Å². The summed E-state index contributed by atoms with van der Waals surface area (Å²) in [6.07, 6.45) is -4.29. The molecule has 5 unspecified atom stereocenters. The number of hydrogen-bond acceptors (Lipinski definition) is 6. The van der Waals surface area contributed by atoms with E-state index in [0.29, 0.717) is 11.3 Å². The maximum absolute atomic E-state index is 10.2. The number of pyridine rings is 1. The van der Waals surface area contributed by atoms with E-state index >= 15 is 0 Å². The van der Waals surface area contributed by atoms with E-state index in [2.05, 4.69) is 4.98 Å². The van der Waals surface area contributed by atoms with Crippen molar-refractivity contribution in [1.29, 1.82) is 0 Å². The van der Waals surface area contributed by atoms with E-state index in [0.717, 1.165) is 11.1 Å². The first-order valence-electron chi connectivity index (χ1n) is 7.58. The fraction of sp³-hybridized carbons (Fsp3) is 0.471. The number of ether oxygens (including phenoxy) is 3. The number of hydrogen-bond donors (Lipinski definition) is 2. The average molecular weight is 319 g/mol. The molecule has 0 radical (unpaired) electrons. The fourth-order valence-electron chi connectivity index (χ4n) is 2.87. The van der Waals surface area contributed by atoms with Crippen molar-refractivity contribution in [2.45, 2.75) is 44.6 Å². The molecular weight excluding hydrogens is 298 g/mol. The normalized spacial score (nSPS) is 31.3. The highest BCUT2D eigenvalue weighted by atomic mass is 16.7. The van der Waals surface area contributed by atoms with Gasteiger partial charge in [-0.05, 0) is 26.0 Å². The van der Waals surface area contributed by atoms with Crippen LogP contribution in [-0.2, 0) is 9.47 Å². The molecule has 2 aromatic rings. The Morgan fingerprint density at radius 2 is 1.91 bits per heavy atom. The van der Waals surface area contributed by atoms with Crippen molar-refractivity contribution in [3.05, 3.63) is 36.0 Å². The average Bonchev–Trinajstić information content (AvgIpc) is 2.53. The van der Waals surface area contributed by atoms with Gasteiger partial charge < -0.3 is 24.4 Å². The zero-order chi connectivity index (χ0) is 16.6. The second kappa shape index (κ2) is 6.41. The van der Waals surface area contributed by atoms with Crippen molar-refractivity contribution in [1.82, 2.24) is 4.98 Å². The number of methoxy groups -OCH3 is 1. The number of aliphatic hydroxyl groups excluding tert-OH is 2. The van der Waals surface area contributed by atoms with Crippen molar-refractivity contribution in [2.24, 2.45) is 0 Å². The quantitative estimate of drug-likeness (QED) is 0.890. The number of rotatable bonds is 3. The van der Waals surface area contributed by atoms with Gasteiger partial charge in [0.25, 0.3) is 0 Å². The Labute approximate surface area is 134 Å².